The molecule has 0 aliphatic heterocycles. The van der Waals surface area contributed by atoms with E-state index in [1.807, 2.05) is 30.9 Å². The zero-order valence-corrected chi connectivity index (χ0v) is 12.9. The van der Waals surface area contributed by atoms with Crippen molar-refractivity contribution in [1.29, 1.82) is 0 Å². The van der Waals surface area contributed by atoms with E-state index in [2.05, 4.69) is 53.8 Å². The van der Waals surface area contributed by atoms with Crippen molar-refractivity contribution in [3.05, 3.63) is 71.9 Å². The van der Waals surface area contributed by atoms with Crippen LogP contribution in [0.4, 0.5) is 0 Å². The molecule has 0 saturated heterocycles. The first-order valence-corrected chi connectivity index (χ1v) is 8.05. The first kappa shape index (κ1) is 14.1. The number of aromatic nitrogens is 1. The van der Waals surface area contributed by atoms with Crippen LogP contribution >= 0.6 is 11.8 Å². The van der Waals surface area contributed by atoms with Gasteiger partial charge in [0.1, 0.15) is 0 Å². The molecule has 21 heavy (non-hydrogen) atoms. The number of hydrogen-bond acceptors (Lipinski definition) is 3. The topological polar surface area (TPSA) is 24.9 Å². The Hall–Kier alpha value is -1.84. The van der Waals surface area contributed by atoms with E-state index in [1.54, 1.807) is 0 Å². The van der Waals surface area contributed by atoms with Gasteiger partial charge in [-0.25, -0.2) is 0 Å². The highest BCUT2D eigenvalue weighted by Gasteiger charge is 2.01. The van der Waals surface area contributed by atoms with E-state index < -0.39 is 0 Å². The maximum Gasteiger partial charge on any atom is 0.0705 e. The summed E-state index contributed by atoms with van der Waals surface area (Å²) in [4.78, 5) is 6.01. The van der Waals surface area contributed by atoms with Gasteiger partial charge in [-0.3, -0.25) is 4.98 Å². The van der Waals surface area contributed by atoms with Crippen LogP contribution in [0.15, 0.2) is 65.6 Å². The Bertz CT molecular complexity index is 740. The van der Waals surface area contributed by atoms with Gasteiger partial charge in [-0.1, -0.05) is 36.4 Å². The zero-order chi connectivity index (χ0) is 14.5. The molecule has 0 spiro atoms. The molecule has 0 aliphatic carbocycles. The van der Waals surface area contributed by atoms with Crippen LogP contribution in [0.2, 0.25) is 0 Å². The number of benzene rings is 2. The number of rotatable bonds is 5. The molecule has 0 aliphatic rings. The molecular weight excluding hydrogens is 276 g/mol. The first-order valence-electron chi connectivity index (χ1n) is 7.06. The van der Waals surface area contributed by atoms with Crippen LogP contribution in [0.3, 0.4) is 0 Å². The van der Waals surface area contributed by atoms with Crippen LogP contribution in [0.25, 0.3) is 10.9 Å². The Kier molecular flexibility index (Phi) is 4.53. The molecular formula is C18H18N2S. The molecule has 0 unspecified atom stereocenters. The predicted octanol–water partition coefficient (Wildman–Crippen LogP) is 4.25. The maximum absolute atomic E-state index is 4.72. The average molecular weight is 294 g/mol. The van der Waals surface area contributed by atoms with Crippen LogP contribution in [-0.4, -0.2) is 12.0 Å². The quantitative estimate of drug-likeness (QED) is 0.712. The normalized spacial score (nSPS) is 10.9. The first-order chi connectivity index (χ1) is 10.3. The monoisotopic (exact) mass is 294 g/mol. The number of para-hydroxylation sites is 1. The minimum Gasteiger partial charge on any atom is -0.316 e. The minimum atomic E-state index is 0.897. The lowest BCUT2D eigenvalue weighted by atomic mass is 10.2. The molecule has 0 amide bonds. The van der Waals surface area contributed by atoms with E-state index in [1.165, 1.54) is 15.8 Å². The number of hydrogen-bond donors (Lipinski definition) is 1. The van der Waals surface area contributed by atoms with Crippen LogP contribution < -0.4 is 5.32 Å². The van der Waals surface area contributed by atoms with Crippen molar-refractivity contribution in [1.82, 2.24) is 10.3 Å². The molecule has 3 aromatic rings. The van der Waals surface area contributed by atoms with Gasteiger partial charge in [0.15, 0.2) is 0 Å². The summed E-state index contributed by atoms with van der Waals surface area (Å²) in [5.41, 5.74) is 3.51. The van der Waals surface area contributed by atoms with Crippen LogP contribution in [-0.2, 0) is 12.3 Å². The van der Waals surface area contributed by atoms with Crippen molar-refractivity contribution in [2.75, 3.05) is 7.05 Å². The molecule has 3 rings (SSSR count). The smallest absolute Gasteiger partial charge is 0.0705 e. The average Bonchev–Trinajstić information content (AvgIpc) is 2.53. The summed E-state index contributed by atoms with van der Waals surface area (Å²) in [6.45, 7) is 0.905. The molecule has 106 valence electrons. The maximum atomic E-state index is 4.72. The third-order valence-electron chi connectivity index (χ3n) is 3.32. The molecule has 1 N–H and O–H groups in total. The summed E-state index contributed by atoms with van der Waals surface area (Å²) in [5.74, 6) is 0.897. The Morgan fingerprint density at radius 3 is 2.81 bits per heavy atom. The van der Waals surface area contributed by atoms with Crippen LogP contribution in [0.5, 0.6) is 0 Å². The van der Waals surface area contributed by atoms with E-state index >= 15 is 0 Å². The van der Waals surface area contributed by atoms with Gasteiger partial charge in [0.25, 0.3) is 0 Å². The fourth-order valence-corrected chi connectivity index (χ4v) is 3.18. The number of nitrogens with zero attached hydrogens (tertiary/aromatic N) is 1. The van der Waals surface area contributed by atoms with Crippen molar-refractivity contribution in [3.63, 3.8) is 0 Å². The molecule has 3 heteroatoms. The number of pyridine rings is 1. The highest BCUT2D eigenvalue weighted by molar-refractivity contribution is 7.98. The Morgan fingerprint density at radius 1 is 1.00 bits per heavy atom. The lowest BCUT2D eigenvalue weighted by Crippen LogP contribution is -2.04. The van der Waals surface area contributed by atoms with Gasteiger partial charge in [0, 0.05) is 22.6 Å². The fourth-order valence-electron chi connectivity index (χ4n) is 2.30. The van der Waals surface area contributed by atoms with Gasteiger partial charge in [-0.15, -0.1) is 11.8 Å². The summed E-state index contributed by atoms with van der Waals surface area (Å²) in [6, 6.07) is 21.2. The molecule has 1 heterocycles. The summed E-state index contributed by atoms with van der Waals surface area (Å²) in [5, 5.41) is 4.38. The van der Waals surface area contributed by atoms with E-state index in [-0.39, 0.29) is 0 Å². The predicted molar refractivity (Wildman–Crippen MR) is 90.5 cm³/mol. The highest BCUT2D eigenvalue weighted by Crippen LogP contribution is 2.24. The van der Waals surface area contributed by atoms with Crippen molar-refractivity contribution in [2.45, 2.75) is 17.2 Å². The Morgan fingerprint density at radius 2 is 1.90 bits per heavy atom. The third-order valence-corrected chi connectivity index (χ3v) is 4.35. The molecule has 0 radical (unpaired) electrons. The zero-order valence-electron chi connectivity index (χ0n) is 12.0. The van der Waals surface area contributed by atoms with Crippen molar-refractivity contribution < 1.29 is 0 Å². The van der Waals surface area contributed by atoms with E-state index in [0.29, 0.717) is 0 Å². The van der Waals surface area contributed by atoms with Crippen molar-refractivity contribution in [3.8, 4) is 0 Å². The fraction of sp³-hybridized carbons (Fsp3) is 0.167. The van der Waals surface area contributed by atoms with Gasteiger partial charge in [-0.05, 0) is 36.9 Å². The second kappa shape index (κ2) is 6.74. The number of nitrogens with one attached hydrogen (secondary N) is 1. The highest BCUT2D eigenvalue weighted by atomic mass is 32.2. The number of thioether (sulfide) groups is 1. The van der Waals surface area contributed by atoms with Gasteiger partial charge in [-0.2, -0.15) is 0 Å². The lowest BCUT2D eigenvalue weighted by Gasteiger charge is -2.05. The molecule has 2 nitrogen and oxygen atoms in total. The molecule has 0 saturated carbocycles. The molecule has 1 aromatic heterocycles. The van der Waals surface area contributed by atoms with E-state index in [0.717, 1.165) is 23.5 Å². The third kappa shape index (κ3) is 3.63. The Labute approximate surface area is 129 Å². The Balaban J connectivity index is 1.72. The summed E-state index contributed by atoms with van der Waals surface area (Å²) in [6.07, 6.45) is 0. The van der Waals surface area contributed by atoms with Crippen LogP contribution in [0, 0.1) is 0 Å². The van der Waals surface area contributed by atoms with Gasteiger partial charge in [0.05, 0.1) is 11.2 Å². The van der Waals surface area contributed by atoms with Gasteiger partial charge >= 0.3 is 0 Å². The summed E-state index contributed by atoms with van der Waals surface area (Å²) >= 11 is 1.83. The van der Waals surface area contributed by atoms with Crippen LogP contribution in [0.1, 0.15) is 11.3 Å². The van der Waals surface area contributed by atoms with Crippen molar-refractivity contribution in [2.24, 2.45) is 0 Å². The summed E-state index contributed by atoms with van der Waals surface area (Å²) in [7, 11) is 1.97. The van der Waals surface area contributed by atoms with Crippen molar-refractivity contribution >= 4 is 22.7 Å². The second-order valence-electron chi connectivity index (χ2n) is 4.96. The molecule has 2 aromatic carbocycles. The minimum absolute atomic E-state index is 0.897. The second-order valence-corrected chi connectivity index (χ2v) is 6.01. The number of fused-ring (bicyclic) bond motifs is 1. The SMILES string of the molecule is CNCc1cccc(SCc2ccc3ccccc3n2)c1. The van der Waals surface area contributed by atoms with Gasteiger partial charge < -0.3 is 5.32 Å². The molecule has 0 bridgehead atoms. The molecule has 0 atom stereocenters. The van der Waals surface area contributed by atoms with E-state index in [9.17, 15) is 0 Å². The molecule has 0 fully saturated rings. The van der Waals surface area contributed by atoms with E-state index in [4.69, 9.17) is 4.98 Å². The lowest BCUT2D eigenvalue weighted by molar-refractivity contribution is 0.815. The van der Waals surface area contributed by atoms with Gasteiger partial charge in [0.2, 0.25) is 0 Å². The summed E-state index contributed by atoms with van der Waals surface area (Å²) < 4.78 is 0. The largest absolute Gasteiger partial charge is 0.316 e. The standard InChI is InChI=1S/C18H18N2S/c1-19-12-14-5-4-7-17(11-14)21-13-16-10-9-15-6-2-3-8-18(15)20-16/h2-11,19H,12-13H2,1H3.